The van der Waals surface area contributed by atoms with Crippen LogP contribution in [0.3, 0.4) is 0 Å². The zero-order chi connectivity index (χ0) is 11.1. The second-order valence-corrected chi connectivity index (χ2v) is 4.58. The normalized spacial score (nSPS) is 23.5. The third-order valence-corrected chi connectivity index (χ3v) is 3.10. The van der Waals surface area contributed by atoms with E-state index in [0.29, 0.717) is 6.04 Å². The second kappa shape index (κ2) is 6.83. The van der Waals surface area contributed by atoms with Crippen LogP contribution < -0.4 is 10.6 Å². The minimum Gasteiger partial charge on any atom is -0.354 e. The zero-order valence-corrected chi connectivity index (χ0v) is 10.0. The quantitative estimate of drug-likeness (QED) is 0.728. The molecule has 1 amide bonds. The van der Waals surface area contributed by atoms with Crippen molar-refractivity contribution in [1.29, 1.82) is 0 Å². The maximum absolute atomic E-state index is 11.6. The number of piperidine rings is 1. The van der Waals surface area contributed by atoms with E-state index >= 15 is 0 Å². The fourth-order valence-electron chi connectivity index (χ4n) is 2.06. The van der Waals surface area contributed by atoms with Gasteiger partial charge >= 0.3 is 0 Å². The molecular weight excluding hydrogens is 188 g/mol. The summed E-state index contributed by atoms with van der Waals surface area (Å²) in [4.78, 5) is 11.6. The Morgan fingerprint density at radius 1 is 1.53 bits per heavy atom. The molecule has 1 aliphatic heterocycles. The first kappa shape index (κ1) is 12.5. The van der Waals surface area contributed by atoms with Gasteiger partial charge in [0.2, 0.25) is 5.91 Å². The highest BCUT2D eigenvalue weighted by Crippen LogP contribution is 2.07. The van der Waals surface area contributed by atoms with E-state index in [9.17, 15) is 4.79 Å². The summed E-state index contributed by atoms with van der Waals surface area (Å²) in [7, 11) is 0. The molecule has 1 rings (SSSR count). The van der Waals surface area contributed by atoms with Gasteiger partial charge in [-0.25, -0.2) is 0 Å². The van der Waals surface area contributed by atoms with Crippen molar-refractivity contribution < 1.29 is 4.79 Å². The summed E-state index contributed by atoms with van der Waals surface area (Å²) in [6.07, 6.45) is 5.83. The highest BCUT2D eigenvalue weighted by atomic mass is 16.1. The summed E-state index contributed by atoms with van der Waals surface area (Å²) in [5.74, 6) is 0.378. The molecule has 15 heavy (non-hydrogen) atoms. The average Bonchev–Trinajstić information content (AvgIpc) is 2.27. The summed E-state index contributed by atoms with van der Waals surface area (Å²) in [6, 6.07) is 0.497. The second-order valence-electron chi connectivity index (χ2n) is 4.58. The molecule has 3 nitrogen and oxygen atoms in total. The van der Waals surface area contributed by atoms with Gasteiger partial charge in [-0.3, -0.25) is 4.79 Å². The van der Waals surface area contributed by atoms with Crippen molar-refractivity contribution in [3.05, 3.63) is 0 Å². The van der Waals surface area contributed by atoms with Crippen molar-refractivity contribution in [1.82, 2.24) is 10.6 Å². The number of hydrogen-bond donors (Lipinski definition) is 2. The Kier molecular flexibility index (Phi) is 5.69. The SMILES string of the molecule is CCCC(C)C(=O)NCC1CCCCN1. The minimum atomic E-state index is 0.165. The van der Waals surface area contributed by atoms with E-state index in [-0.39, 0.29) is 11.8 Å². The van der Waals surface area contributed by atoms with Crippen LogP contribution in [0.15, 0.2) is 0 Å². The van der Waals surface area contributed by atoms with Gasteiger partial charge in [0.1, 0.15) is 0 Å². The summed E-state index contributed by atoms with van der Waals surface area (Å²) >= 11 is 0. The van der Waals surface area contributed by atoms with E-state index in [4.69, 9.17) is 0 Å². The standard InChI is InChI=1S/C12H24N2O/c1-3-6-10(2)12(15)14-9-11-7-4-5-8-13-11/h10-11,13H,3-9H2,1-2H3,(H,14,15). The summed E-state index contributed by atoms with van der Waals surface area (Å²) < 4.78 is 0. The van der Waals surface area contributed by atoms with E-state index in [0.717, 1.165) is 25.9 Å². The van der Waals surface area contributed by atoms with Crippen LogP contribution in [0.2, 0.25) is 0 Å². The molecule has 3 heteroatoms. The number of carbonyl (C=O) groups excluding carboxylic acids is 1. The van der Waals surface area contributed by atoms with Crippen molar-refractivity contribution in [2.75, 3.05) is 13.1 Å². The lowest BCUT2D eigenvalue weighted by Crippen LogP contribution is -2.44. The van der Waals surface area contributed by atoms with Crippen molar-refractivity contribution in [2.45, 2.75) is 52.0 Å². The predicted molar refractivity (Wildman–Crippen MR) is 62.7 cm³/mol. The monoisotopic (exact) mass is 212 g/mol. The first-order chi connectivity index (χ1) is 7.24. The minimum absolute atomic E-state index is 0.165. The molecule has 2 N–H and O–H groups in total. The molecule has 88 valence electrons. The predicted octanol–water partition coefficient (Wildman–Crippen LogP) is 1.68. The molecule has 1 saturated heterocycles. The molecule has 1 aliphatic rings. The molecule has 0 bridgehead atoms. The van der Waals surface area contributed by atoms with Crippen molar-refractivity contribution >= 4 is 5.91 Å². The Balaban J connectivity index is 2.14. The smallest absolute Gasteiger partial charge is 0.222 e. The van der Waals surface area contributed by atoms with Gasteiger partial charge in [0.15, 0.2) is 0 Å². The highest BCUT2D eigenvalue weighted by molar-refractivity contribution is 5.78. The van der Waals surface area contributed by atoms with Crippen LogP contribution in [0.25, 0.3) is 0 Å². The lowest BCUT2D eigenvalue weighted by atomic mass is 10.0. The molecule has 0 aromatic heterocycles. The van der Waals surface area contributed by atoms with E-state index in [1.54, 1.807) is 0 Å². The first-order valence-corrected chi connectivity index (χ1v) is 6.25. The van der Waals surface area contributed by atoms with Crippen LogP contribution in [-0.2, 0) is 4.79 Å². The van der Waals surface area contributed by atoms with Gasteiger partial charge < -0.3 is 10.6 Å². The van der Waals surface area contributed by atoms with Crippen molar-refractivity contribution in [3.63, 3.8) is 0 Å². The molecule has 0 aromatic carbocycles. The average molecular weight is 212 g/mol. The van der Waals surface area contributed by atoms with Crippen LogP contribution in [0.5, 0.6) is 0 Å². The Morgan fingerprint density at radius 3 is 2.93 bits per heavy atom. The van der Waals surface area contributed by atoms with Crippen LogP contribution in [0.4, 0.5) is 0 Å². The summed E-state index contributed by atoms with van der Waals surface area (Å²) in [5.41, 5.74) is 0. The molecule has 1 heterocycles. The van der Waals surface area contributed by atoms with Crippen molar-refractivity contribution in [2.24, 2.45) is 5.92 Å². The van der Waals surface area contributed by atoms with Crippen molar-refractivity contribution in [3.8, 4) is 0 Å². The molecule has 0 spiro atoms. The number of carbonyl (C=O) groups is 1. The van der Waals surface area contributed by atoms with Gasteiger partial charge in [-0.05, 0) is 25.8 Å². The fraction of sp³-hybridized carbons (Fsp3) is 0.917. The topological polar surface area (TPSA) is 41.1 Å². The molecule has 0 aliphatic carbocycles. The van der Waals surface area contributed by atoms with Gasteiger partial charge in [-0.1, -0.05) is 26.7 Å². The fourth-order valence-corrected chi connectivity index (χ4v) is 2.06. The maximum Gasteiger partial charge on any atom is 0.222 e. The van der Waals surface area contributed by atoms with E-state index in [1.165, 1.54) is 19.3 Å². The number of amides is 1. The molecule has 2 unspecified atom stereocenters. The highest BCUT2D eigenvalue weighted by Gasteiger charge is 2.15. The lowest BCUT2D eigenvalue weighted by molar-refractivity contribution is -0.124. The van der Waals surface area contributed by atoms with E-state index < -0.39 is 0 Å². The summed E-state index contributed by atoms with van der Waals surface area (Å²) in [5, 5.41) is 6.47. The molecular formula is C12H24N2O. The van der Waals surface area contributed by atoms with Gasteiger partial charge in [0, 0.05) is 18.5 Å². The zero-order valence-electron chi connectivity index (χ0n) is 10.0. The third-order valence-electron chi connectivity index (χ3n) is 3.10. The lowest BCUT2D eigenvalue weighted by Gasteiger charge is -2.24. The molecule has 0 saturated carbocycles. The van der Waals surface area contributed by atoms with Gasteiger partial charge in [0.25, 0.3) is 0 Å². The van der Waals surface area contributed by atoms with Gasteiger partial charge in [-0.2, -0.15) is 0 Å². The first-order valence-electron chi connectivity index (χ1n) is 6.25. The number of hydrogen-bond acceptors (Lipinski definition) is 2. The third kappa shape index (κ3) is 4.65. The Hall–Kier alpha value is -0.570. The molecule has 2 atom stereocenters. The van der Waals surface area contributed by atoms with Crippen LogP contribution in [0.1, 0.15) is 46.0 Å². The van der Waals surface area contributed by atoms with Gasteiger partial charge in [-0.15, -0.1) is 0 Å². The summed E-state index contributed by atoms with van der Waals surface area (Å²) in [6.45, 7) is 6.03. The van der Waals surface area contributed by atoms with Crippen LogP contribution >= 0.6 is 0 Å². The van der Waals surface area contributed by atoms with Crippen LogP contribution in [-0.4, -0.2) is 25.0 Å². The molecule has 0 aromatic rings. The molecule has 0 radical (unpaired) electrons. The Morgan fingerprint density at radius 2 is 2.33 bits per heavy atom. The van der Waals surface area contributed by atoms with Crippen LogP contribution in [0, 0.1) is 5.92 Å². The van der Waals surface area contributed by atoms with E-state index in [1.807, 2.05) is 6.92 Å². The van der Waals surface area contributed by atoms with Gasteiger partial charge in [0.05, 0.1) is 0 Å². The Labute approximate surface area is 93.0 Å². The van der Waals surface area contributed by atoms with E-state index in [2.05, 4.69) is 17.6 Å². The number of rotatable bonds is 5. The maximum atomic E-state index is 11.6. The largest absolute Gasteiger partial charge is 0.354 e. The Bertz CT molecular complexity index is 188. The number of nitrogens with one attached hydrogen (secondary N) is 2. The molecule has 1 fully saturated rings.